The first-order valence-corrected chi connectivity index (χ1v) is 6.41. The number of hydrogen-bond donors (Lipinski definition) is 1. The second-order valence-corrected chi connectivity index (χ2v) is 5.48. The van der Waals surface area contributed by atoms with E-state index in [1.165, 1.54) is 17.3 Å². The fourth-order valence-electron chi connectivity index (χ4n) is 2.62. The number of fused-ring (bicyclic) bond motifs is 1. The molecule has 1 aromatic carbocycles. The fourth-order valence-corrected chi connectivity index (χ4v) is 2.62. The first kappa shape index (κ1) is 12.0. The maximum atomic E-state index is 5.97. The molecular weight excluding hydrogens is 208 g/mol. The van der Waals surface area contributed by atoms with Crippen molar-refractivity contribution in [3.8, 4) is 0 Å². The lowest BCUT2D eigenvalue weighted by Crippen LogP contribution is -2.09. The molecule has 1 unspecified atom stereocenters. The van der Waals surface area contributed by atoms with Crippen LogP contribution >= 0.6 is 0 Å². The molecule has 17 heavy (non-hydrogen) atoms. The van der Waals surface area contributed by atoms with E-state index in [-0.39, 0.29) is 0 Å². The average Bonchev–Trinajstić information content (AvgIpc) is 2.62. The second kappa shape index (κ2) is 4.82. The van der Waals surface area contributed by atoms with E-state index in [2.05, 4.69) is 43.7 Å². The smallest absolute Gasteiger partial charge is 0.0501 e. The molecule has 2 nitrogen and oxygen atoms in total. The van der Waals surface area contributed by atoms with Crippen molar-refractivity contribution < 1.29 is 0 Å². The Morgan fingerprint density at radius 3 is 2.65 bits per heavy atom. The van der Waals surface area contributed by atoms with E-state index in [0.29, 0.717) is 5.92 Å². The lowest BCUT2D eigenvalue weighted by molar-refractivity contribution is 0.394. The van der Waals surface area contributed by atoms with Crippen LogP contribution < -0.4 is 5.73 Å². The number of anilines is 1. The number of nitrogen functional groups attached to an aromatic ring is 1. The van der Waals surface area contributed by atoms with E-state index < -0.39 is 0 Å². The zero-order valence-electron chi connectivity index (χ0n) is 11.0. The molecule has 0 aliphatic heterocycles. The Morgan fingerprint density at radius 1 is 1.18 bits per heavy atom. The third-order valence-electron chi connectivity index (χ3n) is 3.23. The molecule has 0 bridgehead atoms. The number of benzene rings is 1. The van der Waals surface area contributed by atoms with Gasteiger partial charge in [-0.3, -0.25) is 0 Å². The average molecular weight is 230 g/mol. The minimum atomic E-state index is 0.701. The van der Waals surface area contributed by atoms with Crippen molar-refractivity contribution in [3.05, 3.63) is 30.5 Å². The highest BCUT2D eigenvalue weighted by molar-refractivity contribution is 5.91. The predicted octanol–water partition coefficient (Wildman–Crippen LogP) is 3.91. The van der Waals surface area contributed by atoms with Crippen LogP contribution in [-0.2, 0) is 6.54 Å². The Bertz CT molecular complexity index is 497. The fraction of sp³-hybridized carbons (Fsp3) is 0.467. The van der Waals surface area contributed by atoms with Crippen molar-refractivity contribution in [1.29, 1.82) is 0 Å². The molecule has 0 aliphatic rings. The van der Waals surface area contributed by atoms with E-state index in [0.717, 1.165) is 18.2 Å². The first-order valence-electron chi connectivity index (χ1n) is 6.41. The van der Waals surface area contributed by atoms with Gasteiger partial charge >= 0.3 is 0 Å². The first-order chi connectivity index (χ1) is 8.08. The summed E-state index contributed by atoms with van der Waals surface area (Å²) in [6.07, 6.45) is 3.42. The molecule has 0 fully saturated rings. The largest absolute Gasteiger partial charge is 0.398 e. The molecular formula is C15H22N2. The molecule has 1 aromatic heterocycles. The van der Waals surface area contributed by atoms with Crippen LogP contribution in [0.2, 0.25) is 0 Å². The Labute approximate surface area is 103 Å². The van der Waals surface area contributed by atoms with E-state index in [1.807, 2.05) is 12.1 Å². The number of hydrogen-bond acceptors (Lipinski definition) is 1. The monoisotopic (exact) mass is 230 g/mol. The number of nitrogens with zero attached hydrogens (tertiary/aromatic N) is 1. The molecule has 0 amide bonds. The van der Waals surface area contributed by atoms with Crippen LogP contribution in [0.25, 0.3) is 10.9 Å². The Kier molecular flexibility index (Phi) is 3.41. The lowest BCUT2D eigenvalue weighted by atomic mass is 9.99. The Morgan fingerprint density at radius 2 is 1.94 bits per heavy atom. The van der Waals surface area contributed by atoms with Gasteiger partial charge in [-0.25, -0.2) is 0 Å². The van der Waals surface area contributed by atoms with Crippen molar-refractivity contribution in [1.82, 2.24) is 4.57 Å². The molecule has 1 atom stereocenters. The summed E-state index contributed by atoms with van der Waals surface area (Å²) >= 11 is 0. The van der Waals surface area contributed by atoms with E-state index >= 15 is 0 Å². The zero-order chi connectivity index (χ0) is 12.4. The minimum absolute atomic E-state index is 0.701. The zero-order valence-corrected chi connectivity index (χ0v) is 11.0. The number of nitrogens with two attached hydrogens (primary N) is 1. The minimum Gasteiger partial charge on any atom is -0.398 e. The number of rotatable bonds is 4. The molecule has 0 aliphatic carbocycles. The normalized spacial score (nSPS) is 13.4. The van der Waals surface area contributed by atoms with Crippen LogP contribution in [-0.4, -0.2) is 4.57 Å². The topological polar surface area (TPSA) is 30.9 Å². The van der Waals surface area contributed by atoms with Gasteiger partial charge in [0.05, 0.1) is 5.52 Å². The third kappa shape index (κ3) is 2.63. The standard InChI is InChI=1S/C15H22N2/c1-11(2)9-12(3)10-17-8-7-13-14(16)5-4-6-15(13)17/h4-8,11-12H,9-10,16H2,1-3H3. The summed E-state index contributed by atoms with van der Waals surface area (Å²) in [5.41, 5.74) is 8.09. The lowest BCUT2D eigenvalue weighted by Gasteiger charge is -2.15. The summed E-state index contributed by atoms with van der Waals surface area (Å²) in [5, 5.41) is 1.17. The van der Waals surface area contributed by atoms with Gasteiger partial charge in [-0.2, -0.15) is 0 Å². The van der Waals surface area contributed by atoms with Gasteiger partial charge in [0, 0.05) is 23.8 Å². The highest BCUT2D eigenvalue weighted by Gasteiger charge is 2.08. The van der Waals surface area contributed by atoms with Gasteiger partial charge < -0.3 is 10.3 Å². The third-order valence-corrected chi connectivity index (χ3v) is 3.23. The van der Waals surface area contributed by atoms with E-state index in [9.17, 15) is 0 Å². The molecule has 2 N–H and O–H groups in total. The molecule has 0 spiro atoms. The van der Waals surface area contributed by atoms with Crippen LogP contribution in [0.1, 0.15) is 27.2 Å². The van der Waals surface area contributed by atoms with Crippen molar-refractivity contribution in [2.45, 2.75) is 33.7 Å². The highest BCUT2D eigenvalue weighted by Crippen LogP contribution is 2.23. The Balaban J connectivity index is 2.22. The molecule has 92 valence electrons. The molecule has 0 saturated heterocycles. The maximum Gasteiger partial charge on any atom is 0.0501 e. The van der Waals surface area contributed by atoms with Crippen molar-refractivity contribution in [3.63, 3.8) is 0 Å². The predicted molar refractivity (Wildman–Crippen MR) is 75.0 cm³/mol. The van der Waals surface area contributed by atoms with Crippen molar-refractivity contribution >= 4 is 16.6 Å². The van der Waals surface area contributed by atoms with Gasteiger partial charge in [-0.1, -0.05) is 26.8 Å². The summed E-state index contributed by atoms with van der Waals surface area (Å²) < 4.78 is 2.32. The van der Waals surface area contributed by atoms with Gasteiger partial charge in [0.1, 0.15) is 0 Å². The SMILES string of the molecule is CC(C)CC(C)Cn1ccc2c(N)cccc21. The van der Waals surface area contributed by atoms with Gasteiger partial charge in [0.2, 0.25) is 0 Å². The molecule has 0 saturated carbocycles. The van der Waals surface area contributed by atoms with Gasteiger partial charge in [0.25, 0.3) is 0 Å². The van der Waals surface area contributed by atoms with Crippen LogP contribution in [0, 0.1) is 11.8 Å². The van der Waals surface area contributed by atoms with Crippen LogP contribution in [0.4, 0.5) is 5.69 Å². The van der Waals surface area contributed by atoms with E-state index in [1.54, 1.807) is 0 Å². The van der Waals surface area contributed by atoms with Crippen LogP contribution in [0.3, 0.4) is 0 Å². The molecule has 1 heterocycles. The van der Waals surface area contributed by atoms with Gasteiger partial charge in [-0.05, 0) is 36.5 Å². The summed E-state index contributed by atoms with van der Waals surface area (Å²) in [7, 11) is 0. The second-order valence-electron chi connectivity index (χ2n) is 5.48. The molecule has 2 aromatic rings. The number of aromatic nitrogens is 1. The van der Waals surface area contributed by atoms with Crippen LogP contribution in [0.5, 0.6) is 0 Å². The molecule has 0 radical (unpaired) electrons. The van der Waals surface area contributed by atoms with Gasteiger partial charge in [0.15, 0.2) is 0 Å². The van der Waals surface area contributed by atoms with Crippen molar-refractivity contribution in [2.24, 2.45) is 11.8 Å². The van der Waals surface area contributed by atoms with Crippen molar-refractivity contribution in [2.75, 3.05) is 5.73 Å². The summed E-state index contributed by atoms with van der Waals surface area (Å²) in [5.74, 6) is 1.46. The van der Waals surface area contributed by atoms with E-state index in [4.69, 9.17) is 5.73 Å². The summed E-state index contributed by atoms with van der Waals surface area (Å²) in [6, 6.07) is 8.26. The quantitative estimate of drug-likeness (QED) is 0.793. The molecule has 2 heteroatoms. The van der Waals surface area contributed by atoms with Gasteiger partial charge in [-0.15, -0.1) is 0 Å². The Hall–Kier alpha value is -1.44. The summed E-state index contributed by atoms with van der Waals surface area (Å²) in [6.45, 7) is 7.95. The highest BCUT2D eigenvalue weighted by atomic mass is 15.0. The summed E-state index contributed by atoms with van der Waals surface area (Å²) in [4.78, 5) is 0. The molecule has 2 rings (SSSR count). The maximum absolute atomic E-state index is 5.97. The van der Waals surface area contributed by atoms with Crippen LogP contribution in [0.15, 0.2) is 30.5 Å².